The van der Waals surface area contributed by atoms with Crippen molar-refractivity contribution in [3.63, 3.8) is 0 Å². The van der Waals surface area contributed by atoms with Crippen LogP contribution in [0.1, 0.15) is 95.0 Å². The Hall–Kier alpha value is -7.29. The van der Waals surface area contributed by atoms with Gasteiger partial charge in [-0.1, -0.05) is 132 Å². The van der Waals surface area contributed by atoms with Gasteiger partial charge in [-0.25, -0.2) is 0 Å². The van der Waals surface area contributed by atoms with Gasteiger partial charge in [-0.2, -0.15) is 0 Å². The summed E-state index contributed by atoms with van der Waals surface area (Å²) >= 11 is 0. The van der Waals surface area contributed by atoms with E-state index in [1.165, 1.54) is 54.6 Å². The van der Waals surface area contributed by atoms with E-state index in [1.54, 1.807) is 60.1 Å². The summed E-state index contributed by atoms with van der Waals surface area (Å²) in [4.78, 5) is 27.1. The third-order valence-electron chi connectivity index (χ3n) is 14.7. The first-order valence-corrected chi connectivity index (χ1v) is 31.5. The van der Waals surface area contributed by atoms with Crippen molar-refractivity contribution in [2.24, 2.45) is 0 Å². The minimum absolute atomic E-state index is 0. The van der Waals surface area contributed by atoms with Gasteiger partial charge in [-0.15, -0.1) is 101 Å². The number of nitrogens with zero attached hydrogens (tertiary/aromatic N) is 6. The van der Waals surface area contributed by atoms with E-state index < -0.39 is 0 Å². The SMILES string of the molecule is CC(O)CC(C)O.CC(O)CC(C)O.CC(O)CC(C)O.Cc1cnc(-c2[c-]cc(-c3ccc4ccccc4c3)cc2)c(C)n1.Cc1cnc(-c2[c-]ccc(-c3ccc4ccccc4c3)c2)c(C)n1.Cc1cnc(-c2[c-]ccc(-c3cccc4ccccc34)c2)c(C)n1.[Ir].[Ir].[Ir]. The van der Waals surface area contributed by atoms with Crippen molar-refractivity contribution in [1.29, 1.82) is 0 Å². The van der Waals surface area contributed by atoms with E-state index in [-0.39, 0.29) is 96.9 Å². The number of rotatable bonds is 12. The summed E-state index contributed by atoms with van der Waals surface area (Å²) in [6.45, 7) is 21.8. The molecular weight excluding hydrogens is 1730 g/mol. The van der Waals surface area contributed by atoms with Crippen molar-refractivity contribution >= 4 is 32.3 Å². The summed E-state index contributed by atoms with van der Waals surface area (Å²) in [5, 5.41) is 58.9. The van der Waals surface area contributed by atoms with Gasteiger partial charge in [0.25, 0.3) is 0 Å². The van der Waals surface area contributed by atoms with Crippen molar-refractivity contribution in [3.05, 3.63) is 253 Å². The quantitative estimate of drug-likeness (QED) is 0.0634. The number of fused-ring (bicyclic) bond motifs is 3. The van der Waals surface area contributed by atoms with Crippen molar-refractivity contribution in [2.45, 2.75) is 139 Å². The molecule has 3 aromatic heterocycles. The molecule has 6 unspecified atom stereocenters. The fourth-order valence-electron chi connectivity index (χ4n) is 10.6. The van der Waals surface area contributed by atoms with Gasteiger partial charge in [0.05, 0.1) is 53.7 Å². The normalized spacial score (nSPS) is 12.3. The molecule has 3 radical (unpaired) electrons. The average molecular weight is 1820 g/mol. The minimum Gasteiger partial charge on any atom is -0.393 e. The van der Waals surface area contributed by atoms with Gasteiger partial charge >= 0.3 is 0 Å². The second kappa shape index (κ2) is 40.4. The van der Waals surface area contributed by atoms with E-state index in [9.17, 15) is 0 Å². The zero-order chi connectivity index (χ0) is 67.1. The van der Waals surface area contributed by atoms with Gasteiger partial charge in [0.1, 0.15) is 0 Å². The average Bonchev–Trinajstić information content (AvgIpc) is 0.816. The molecule has 6 atom stereocenters. The van der Waals surface area contributed by atoms with E-state index in [2.05, 4.69) is 212 Å². The number of benzene rings is 9. The van der Waals surface area contributed by atoms with Gasteiger partial charge in [0, 0.05) is 113 Å². The van der Waals surface area contributed by atoms with E-state index in [4.69, 9.17) is 30.6 Å². The molecule has 12 nitrogen and oxygen atoms in total. The number of aromatic nitrogens is 6. The zero-order valence-electron chi connectivity index (χ0n) is 56.5. The van der Waals surface area contributed by atoms with Gasteiger partial charge in [-0.05, 0) is 152 Å². The van der Waals surface area contributed by atoms with Gasteiger partial charge in [0.15, 0.2) is 0 Å². The summed E-state index contributed by atoms with van der Waals surface area (Å²) < 4.78 is 0. The molecule has 0 saturated heterocycles. The van der Waals surface area contributed by atoms with Gasteiger partial charge in [-0.3, -0.25) is 15.0 Å². The van der Waals surface area contributed by atoms with Crippen LogP contribution in [-0.2, 0) is 60.3 Å². The maximum Gasteiger partial charge on any atom is 0.0539 e. The third kappa shape index (κ3) is 25.3. The predicted octanol–water partition coefficient (Wildman–Crippen LogP) is 16.5. The molecule has 3 heterocycles. The number of hydrogen-bond donors (Lipinski definition) is 6. The molecule has 15 heteroatoms. The van der Waals surface area contributed by atoms with E-state index in [1.807, 2.05) is 59.7 Å². The van der Waals surface area contributed by atoms with E-state index in [0.29, 0.717) is 19.3 Å². The Labute approximate surface area is 607 Å². The fraction of sp³-hybridized carbons (Fsp3) is 0.259. The monoisotopic (exact) mass is 1820 g/mol. The molecular formula is C81H87Ir3N6O6-3. The van der Waals surface area contributed by atoms with Crippen LogP contribution in [0.15, 0.2) is 201 Å². The predicted molar refractivity (Wildman–Crippen MR) is 380 cm³/mol. The van der Waals surface area contributed by atoms with Crippen molar-refractivity contribution in [2.75, 3.05) is 0 Å². The van der Waals surface area contributed by atoms with Crippen LogP contribution in [0.2, 0.25) is 0 Å². The van der Waals surface area contributed by atoms with Crippen LogP contribution in [0.3, 0.4) is 0 Å². The van der Waals surface area contributed by atoms with Crippen molar-refractivity contribution in [1.82, 2.24) is 29.9 Å². The zero-order valence-corrected chi connectivity index (χ0v) is 63.7. The Kier molecular flexibility index (Phi) is 34.2. The number of hydrogen-bond acceptors (Lipinski definition) is 12. The smallest absolute Gasteiger partial charge is 0.0539 e. The summed E-state index contributed by atoms with van der Waals surface area (Å²) in [6, 6.07) is 73.3. The molecule has 0 aliphatic rings. The third-order valence-corrected chi connectivity index (χ3v) is 14.7. The standard InChI is InChI=1S/3C22H17N2.3C5H12O2.3Ir/c1-15-14-23-22(16(2)24-15)19-10-5-9-18(13-19)21-12-6-8-17-7-3-4-11-20(17)21;1-15-14-23-22(16(2)24-15)21-9-5-8-19(13-21)20-11-10-17-6-3-4-7-18(17)12-20;1-15-14-23-22(16(2)24-15)19-10-7-18(8-11-19)21-12-9-17-5-3-4-6-20(17)13-21;3*1-4(6)3-5(2)7;;;/h3-9,11-14H,1-2H3;3-8,10-14H,1-2H3;3-10,12-14H,1-2H3;3*4-7H,3H2,1-2H3;;;/q3*-1;;;;;;. The molecule has 0 amide bonds. The summed E-state index contributed by atoms with van der Waals surface area (Å²) in [6.07, 6.45) is 4.58. The first-order valence-electron chi connectivity index (χ1n) is 31.5. The number of aliphatic hydroxyl groups is 6. The van der Waals surface area contributed by atoms with Crippen LogP contribution >= 0.6 is 0 Å². The van der Waals surface area contributed by atoms with Gasteiger partial charge < -0.3 is 45.6 Å². The van der Waals surface area contributed by atoms with Crippen LogP contribution < -0.4 is 0 Å². The molecule has 0 bridgehead atoms. The molecule has 0 spiro atoms. The molecule has 6 N–H and O–H groups in total. The maximum atomic E-state index is 8.56. The van der Waals surface area contributed by atoms with Crippen LogP contribution in [0.5, 0.6) is 0 Å². The Bertz CT molecular complexity index is 4270. The molecule has 0 fully saturated rings. The van der Waals surface area contributed by atoms with Gasteiger partial charge in [0.2, 0.25) is 0 Å². The molecule has 0 aliphatic carbocycles. The molecule has 9 aromatic carbocycles. The Balaban J connectivity index is 0.000000263. The molecule has 96 heavy (non-hydrogen) atoms. The Morgan fingerprint density at radius 2 is 0.667 bits per heavy atom. The largest absolute Gasteiger partial charge is 0.393 e. The Morgan fingerprint density at radius 1 is 0.323 bits per heavy atom. The molecule has 12 aromatic rings. The van der Waals surface area contributed by atoms with Crippen LogP contribution in [0.25, 0.3) is 99.5 Å². The van der Waals surface area contributed by atoms with Crippen molar-refractivity contribution < 1.29 is 91.0 Å². The number of aryl methyl sites for hydroxylation is 6. The number of aliphatic hydroxyl groups excluding tert-OH is 6. The van der Waals surface area contributed by atoms with E-state index >= 15 is 0 Å². The second-order valence-electron chi connectivity index (χ2n) is 23.8. The first-order chi connectivity index (χ1) is 44.5. The maximum absolute atomic E-state index is 8.56. The molecule has 12 rings (SSSR count). The summed E-state index contributed by atoms with van der Waals surface area (Å²) in [5.74, 6) is 0. The second-order valence-corrected chi connectivity index (χ2v) is 23.8. The fourth-order valence-corrected chi connectivity index (χ4v) is 10.6. The Morgan fingerprint density at radius 3 is 1.06 bits per heavy atom. The summed E-state index contributed by atoms with van der Waals surface area (Å²) in [5.41, 5.74) is 18.3. The minimum atomic E-state index is -0.375. The van der Waals surface area contributed by atoms with Crippen LogP contribution in [0.4, 0.5) is 0 Å². The first kappa shape index (κ1) is 81.1. The van der Waals surface area contributed by atoms with Crippen molar-refractivity contribution in [3.8, 4) is 67.2 Å². The van der Waals surface area contributed by atoms with Crippen LogP contribution in [0, 0.1) is 59.7 Å². The molecule has 0 saturated carbocycles. The molecule has 0 aliphatic heterocycles. The topological polar surface area (TPSA) is 199 Å². The summed E-state index contributed by atoms with van der Waals surface area (Å²) in [7, 11) is 0. The van der Waals surface area contributed by atoms with Crippen LogP contribution in [-0.4, -0.2) is 97.2 Å². The molecule has 507 valence electrons. The van der Waals surface area contributed by atoms with E-state index in [0.717, 1.165) is 79.1 Å².